The molecule has 3 N–H and O–H groups in total. The number of carbonyl (C=O) groups excluding carboxylic acids is 1. The minimum Gasteiger partial charge on any atom is -0.479 e. The number of benzene rings is 3. The van der Waals surface area contributed by atoms with E-state index >= 15 is 0 Å². The molecule has 5 heteroatoms. The van der Waals surface area contributed by atoms with E-state index in [4.69, 9.17) is 0 Å². The van der Waals surface area contributed by atoms with Gasteiger partial charge in [0.15, 0.2) is 0 Å². The van der Waals surface area contributed by atoms with Crippen LogP contribution >= 0.6 is 0 Å². The fraction of sp³-hybridized carbons (Fsp3) is 0.290. The molecule has 2 atom stereocenters. The Morgan fingerprint density at radius 2 is 1.67 bits per heavy atom. The minimum atomic E-state index is -1.25. The number of hydrogen-bond donors (Lipinski definition) is 3. The van der Waals surface area contributed by atoms with Gasteiger partial charge in [-0.2, -0.15) is 0 Å². The molecular formula is C31H34N2O3. The van der Waals surface area contributed by atoms with Crippen LogP contribution in [0, 0.1) is 13.8 Å². The number of carbonyl (C=O) groups is 2. The van der Waals surface area contributed by atoms with E-state index in [9.17, 15) is 14.7 Å². The Bertz CT molecular complexity index is 1310. The predicted octanol–water partition coefficient (Wildman–Crippen LogP) is 6.32. The molecule has 1 saturated carbocycles. The van der Waals surface area contributed by atoms with Gasteiger partial charge in [-0.1, -0.05) is 54.6 Å². The van der Waals surface area contributed by atoms with Gasteiger partial charge in [-0.05, 0) is 92.6 Å². The Morgan fingerprint density at radius 1 is 1.00 bits per heavy atom. The number of anilines is 1. The first-order valence-corrected chi connectivity index (χ1v) is 12.4. The van der Waals surface area contributed by atoms with E-state index in [1.54, 1.807) is 6.92 Å². The van der Waals surface area contributed by atoms with Crippen molar-refractivity contribution in [2.45, 2.75) is 58.5 Å². The van der Waals surface area contributed by atoms with Gasteiger partial charge in [-0.25, -0.2) is 4.79 Å². The number of aliphatic carboxylic acids is 1. The van der Waals surface area contributed by atoms with E-state index in [2.05, 4.69) is 67.8 Å². The topological polar surface area (TPSA) is 78.4 Å². The number of hydrogen-bond acceptors (Lipinski definition) is 3. The largest absolute Gasteiger partial charge is 0.479 e. The summed E-state index contributed by atoms with van der Waals surface area (Å²) in [4.78, 5) is 25.1. The summed E-state index contributed by atoms with van der Waals surface area (Å²) < 4.78 is 0. The second-order valence-electron chi connectivity index (χ2n) is 10.1. The lowest BCUT2D eigenvalue weighted by molar-refractivity contribution is -0.142. The highest BCUT2D eigenvalue weighted by Crippen LogP contribution is 2.51. The zero-order valence-electron chi connectivity index (χ0n) is 21.6. The van der Waals surface area contributed by atoms with Crippen molar-refractivity contribution in [3.05, 3.63) is 94.6 Å². The summed E-state index contributed by atoms with van der Waals surface area (Å²) in [7, 11) is 0. The molecule has 0 bridgehead atoms. The van der Waals surface area contributed by atoms with Gasteiger partial charge < -0.3 is 15.7 Å². The van der Waals surface area contributed by atoms with E-state index in [0.29, 0.717) is 18.0 Å². The van der Waals surface area contributed by atoms with Crippen LogP contribution in [0.4, 0.5) is 5.69 Å². The van der Waals surface area contributed by atoms with Crippen LogP contribution in [0.15, 0.2) is 72.3 Å². The fourth-order valence-electron chi connectivity index (χ4n) is 4.76. The first kappa shape index (κ1) is 25.2. The second-order valence-corrected chi connectivity index (χ2v) is 10.1. The van der Waals surface area contributed by atoms with Crippen LogP contribution in [0.25, 0.3) is 17.2 Å². The number of aryl methyl sites for hydroxylation is 2. The third-order valence-electron chi connectivity index (χ3n) is 6.88. The molecule has 1 aliphatic carbocycles. The van der Waals surface area contributed by atoms with E-state index in [-0.39, 0.29) is 11.8 Å². The van der Waals surface area contributed by atoms with Crippen molar-refractivity contribution in [3.63, 3.8) is 0 Å². The van der Waals surface area contributed by atoms with Crippen LogP contribution in [-0.4, -0.2) is 28.6 Å². The summed E-state index contributed by atoms with van der Waals surface area (Å²) in [5.41, 5.74) is 6.64. The van der Waals surface area contributed by atoms with Gasteiger partial charge in [0.1, 0.15) is 5.54 Å². The Kier molecular flexibility index (Phi) is 7.02. The molecule has 5 nitrogen and oxygen atoms in total. The van der Waals surface area contributed by atoms with Gasteiger partial charge in [0.2, 0.25) is 5.91 Å². The molecule has 0 aliphatic heterocycles. The summed E-state index contributed by atoms with van der Waals surface area (Å²) in [6.45, 7) is 10.1. The van der Waals surface area contributed by atoms with Crippen molar-refractivity contribution in [2.75, 3.05) is 5.32 Å². The maximum absolute atomic E-state index is 13.0. The number of carboxylic acid groups (broad SMARTS) is 1. The molecule has 3 aromatic carbocycles. The Morgan fingerprint density at radius 3 is 2.28 bits per heavy atom. The van der Waals surface area contributed by atoms with E-state index in [0.717, 1.165) is 39.1 Å². The molecule has 4 rings (SSSR count). The second kappa shape index (κ2) is 10.0. The average Bonchev–Trinajstić information content (AvgIpc) is 3.57. The van der Waals surface area contributed by atoms with Crippen molar-refractivity contribution in [3.8, 4) is 11.1 Å². The van der Waals surface area contributed by atoms with Crippen LogP contribution < -0.4 is 10.6 Å². The van der Waals surface area contributed by atoms with Gasteiger partial charge in [0, 0.05) is 23.2 Å². The summed E-state index contributed by atoms with van der Waals surface area (Å²) in [5.74, 6) is -1.58. The monoisotopic (exact) mass is 482 g/mol. The van der Waals surface area contributed by atoms with Gasteiger partial charge in [-0.3, -0.25) is 4.79 Å². The van der Waals surface area contributed by atoms with Gasteiger partial charge in [0.25, 0.3) is 0 Å². The highest BCUT2D eigenvalue weighted by molar-refractivity contribution is 6.02. The first-order valence-electron chi connectivity index (χ1n) is 12.4. The standard InChI is InChI=1S/C31H34N2O3/c1-19(2)32-26-13-11-23(12-14-26)27-17-20(3)25(15-21(27)4)16-22(5)29(34)33-31(30(35)36)18-28(31)24-9-7-6-8-10-24/h6-17,19,28,32H,18H2,1-5H3,(H,33,34)(H,35,36)/b22-16+. The van der Waals surface area contributed by atoms with Crippen LogP contribution in [0.5, 0.6) is 0 Å². The van der Waals surface area contributed by atoms with Crippen LogP contribution in [0.3, 0.4) is 0 Å². The SMILES string of the molecule is C/C(=C\c1cc(C)c(-c2ccc(NC(C)C)cc2)cc1C)C(=O)NC1(C(=O)O)CC1c1ccccc1. The lowest BCUT2D eigenvalue weighted by atomic mass is 9.94. The Labute approximate surface area is 213 Å². The molecule has 1 amide bonds. The number of rotatable bonds is 8. The molecule has 2 unspecified atom stereocenters. The zero-order chi connectivity index (χ0) is 26.0. The van der Waals surface area contributed by atoms with Crippen molar-refractivity contribution in [2.24, 2.45) is 0 Å². The third kappa shape index (κ3) is 5.20. The van der Waals surface area contributed by atoms with Crippen LogP contribution in [-0.2, 0) is 9.59 Å². The summed E-state index contributed by atoms with van der Waals surface area (Å²) >= 11 is 0. The molecule has 1 fully saturated rings. The average molecular weight is 483 g/mol. The highest BCUT2D eigenvalue weighted by atomic mass is 16.4. The summed E-state index contributed by atoms with van der Waals surface area (Å²) in [6.07, 6.45) is 2.23. The van der Waals surface area contributed by atoms with E-state index < -0.39 is 11.5 Å². The molecule has 0 saturated heterocycles. The quantitative estimate of drug-likeness (QED) is 0.328. The third-order valence-corrected chi connectivity index (χ3v) is 6.88. The smallest absolute Gasteiger partial charge is 0.330 e. The van der Waals surface area contributed by atoms with Crippen molar-refractivity contribution in [1.82, 2.24) is 5.32 Å². The van der Waals surface area contributed by atoms with Gasteiger partial charge >= 0.3 is 5.97 Å². The zero-order valence-corrected chi connectivity index (χ0v) is 21.6. The van der Waals surface area contributed by atoms with E-state index in [1.165, 1.54) is 0 Å². The van der Waals surface area contributed by atoms with Crippen molar-refractivity contribution in [1.29, 1.82) is 0 Å². The first-order chi connectivity index (χ1) is 17.1. The molecule has 0 aromatic heterocycles. The van der Waals surface area contributed by atoms with Gasteiger partial charge in [-0.15, -0.1) is 0 Å². The lowest BCUT2D eigenvalue weighted by Gasteiger charge is -2.16. The maximum Gasteiger partial charge on any atom is 0.330 e. The normalized spacial score (nSPS) is 19.2. The molecule has 3 aromatic rings. The van der Waals surface area contributed by atoms with E-state index in [1.807, 2.05) is 43.3 Å². The Hall–Kier alpha value is -3.86. The molecule has 0 radical (unpaired) electrons. The van der Waals surface area contributed by atoms with Crippen LogP contribution in [0.2, 0.25) is 0 Å². The number of amides is 1. The van der Waals surface area contributed by atoms with Crippen LogP contribution in [0.1, 0.15) is 55.4 Å². The number of nitrogens with one attached hydrogen (secondary N) is 2. The molecule has 36 heavy (non-hydrogen) atoms. The van der Waals surface area contributed by atoms with Gasteiger partial charge in [0.05, 0.1) is 0 Å². The summed E-state index contributed by atoms with van der Waals surface area (Å²) in [5, 5.41) is 16.1. The molecular weight excluding hydrogens is 448 g/mol. The molecule has 0 heterocycles. The Balaban J connectivity index is 1.52. The minimum absolute atomic E-state index is 0.224. The molecule has 186 valence electrons. The lowest BCUT2D eigenvalue weighted by Crippen LogP contribution is -2.44. The fourth-order valence-corrected chi connectivity index (χ4v) is 4.76. The van der Waals surface area contributed by atoms with Crippen molar-refractivity contribution < 1.29 is 14.7 Å². The highest BCUT2D eigenvalue weighted by Gasteiger charge is 2.62. The maximum atomic E-state index is 13.0. The molecule has 1 aliphatic rings. The van der Waals surface area contributed by atoms with Crippen molar-refractivity contribution >= 4 is 23.6 Å². The number of carboxylic acids is 1. The predicted molar refractivity (Wildman–Crippen MR) is 146 cm³/mol. The summed E-state index contributed by atoms with van der Waals surface area (Å²) in [6, 6.07) is 22.5. The molecule has 0 spiro atoms.